The van der Waals surface area contributed by atoms with E-state index in [2.05, 4.69) is 23.1 Å². The van der Waals surface area contributed by atoms with Crippen molar-refractivity contribution in [2.75, 3.05) is 0 Å². The Balaban J connectivity index is 0.000000171. The smallest absolute Gasteiger partial charge is 0.103 e. The zero-order valence-electron chi connectivity index (χ0n) is 11.8. The number of hydrogen-bond donors (Lipinski definition) is 0. The van der Waals surface area contributed by atoms with Gasteiger partial charge in [0.05, 0.1) is 0 Å². The Hall–Kier alpha value is 0.360. The molecule has 0 aromatic carbocycles. The molecule has 0 radical (unpaired) electrons. The summed E-state index contributed by atoms with van der Waals surface area (Å²) in [6.45, 7) is 6.74. The van der Waals surface area contributed by atoms with Crippen molar-refractivity contribution < 1.29 is 4.39 Å². The fourth-order valence-electron chi connectivity index (χ4n) is 2.77. The van der Waals surface area contributed by atoms with E-state index < -0.39 is 6.17 Å². The van der Waals surface area contributed by atoms with Gasteiger partial charge in [-0.25, -0.2) is 4.39 Å². The number of rotatable bonds is 0. The molecule has 4 atom stereocenters. The highest BCUT2D eigenvalue weighted by Crippen LogP contribution is 2.31. The molecule has 2 heteroatoms. The van der Waals surface area contributed by atoms with Gasteiger partial charge in [0.25, 0.3) is 0 Å². The molecule has 102 valence electrons. The molecule has 0 nitrogen and oxygen atoms in total. The van der Waals surface area contributed by atoms with Gasteiger partial charge in [0.2, 0.25) is 0 Å². The minimum Gasteiger partial charge on any atom is -0.247 e. The molecule has 2 fully saturated rings. The first-order chi connectivity index (χ1) is 8.00. The van der Waals surface area contributed by atoms with Crippen molar-refractivity contribution in [3.05, 3.63) is 0 Å². The second-order valence-electron chi connectivity index (χ2n) is 6.33. The molecule has 0 N–H and O–H groups in total. The minimum absolute atomic E-state index is 0.267. The van der Waals surface area contributed by atoms with Crippen LogP contribution in [0.4, 0.5) is 4.39 Å². The largest absolute Gasteiger partial charge is 0.247 e. The van der Waals surface area contributed by atoms with Crippen molar-refractivity contribution >= 4 is 9.24 Å². The van der Waals surface area contributed by atoms with Crippen LogP contribution in [0.5, 0.6) is 0 Å². The summed E-state index contributed by atoms with van der Waals surface area (Å²) >= 11 is 0. The van der Waals surface area contributed by atoms with Crippen LogP contribution in [-0.2, 0) is 0 Å². The van der Waals surface area contributed by atoms with Crippen LogP contribution in [0, 0.1) is 17.8 Å². The van der Waals surface area contributed by atoms with Crippen molar-refractivity contribution in [1.29, 1.82) is 0 Å². The molecule has 2 aliphatic carbocycles. The summed E-state index contributed by atoms with van der Waals surface area (Å²) in [5.74, 6) is 2.31. The monoisotopic (exact) mass is 260 g/mol. The van der Waals surface area contributed by atoms with E-state index in [0.717, 1.165) is 24.7 Å². The van der Waals surface area contributed by atoms with Crippen molar-refractivity contribution in [2.45, 2.75) is 77.5 Å². The second kappa shape index (κ2) is 7.72. The Morgan fingerprint density at radius 3 is 1.65 bits per heavy atom. The first-order valence-electron chi connectivity index (χ1n) is 7.40. The molecule has 0 aromatic heterocycles. The minimum atomic E-state index is -0.541. The lowest BCUT2D eigenvalue weighted by Gasteiger charge is -2.28. The highest BCUT2D eigenvalue weighted by atomic mass is 31.0. The van der Waals surface area contributed by atoms with E-state index in [-0.39, 0.29) is 5.92 Å². The molecular formula is C15H30FP. The summed E-state index contributed by atoms with van der Waals surface area (Å²) in [5.41, 5.74) is 0.522. The fourth-order valence-corrected chi connectivity index (χ4v) is 3.25. The SMILES string of the molecule is CC1C(F)CCCC1P.CC1CCC(C)CC1. The molecule has 4 unspecified atom stereocenters. The molecule has 0 amide bonds. The summed E-state index contributed by atoms with van der Waals surface area (Å²) in [6.07, 6.45) is 8.39. The predicted octanol–water partition coefficient (Wildman–Crippen LogP) is 5.22. The van der Waals surface area contributed by atoms with E-state index in [1.165, 1.54) is 32.1 Å². The summed E-state index contributed by atoms with van der Waals surface area (Å²) in [7, 11) is 2.73. The summed E-state index contributed by atoms with van der Waals surface area (Å²) < 4.78 is 12.8. The average Bonchev–Trinajstić information content (AvgIpc) is 2.31. The summed E-state index contributed by atoms with van der Waals surface area (Å²) in [5, 5.41) is 0. The van der Waals surface area contributed by atoms with Crippen LogP contribution in [0.1, 0.15) is 65.7 Å². The molecule has 2 rings (SSSR count). The molecule has 17 heavy (non-hydrogen) atoms. The van der Waals surface area contributed by atoms with E-state index in [1.54, 1.807) is 0 Å². The van der Waals surface area contributed by atoms with Gasteiger partial charge in [0.1, 0.15) is 6.17 Å². The Morgan fingerprint density at radius 1 is 0.824 bits per heavy atom. The van der Waals surface area contributed by atoms with E-state index in [1.807, 2.05) is 6.92 Å². The van der Waals surface area contributed by atoms with Gasteiger partial charge in [0, 0.05) is 0 Å². The standard InChI is InChI=1S/C8H16.C7H14FP/c1-7-3-5-8(2)6-4-7;1-5-6(8)3-2-4-7(5)9/h7-8H,3-6H2,1-2H3;5-7H,2-4,9H2,1H3. The molecule has 0 saturated heterocycles. The zero-order chi connectivity index (χ0) is 12.8. The van der Waals surface area contributed by atoms with Gasteiger partial charge in [-0.2, -0.15) is 0 Å². The first kappa shape index (κ1) is 15.4. The van der Waals surface area contributed by atoms with E-state index in [9.17, 15) is 4.39 Å². The third kappa shape index (κ3) is 5.69. The van der Waals surface area contributed by atoms with Crippen LogP contribution in [0.25, 0.3) is 0 Å². The van der Waals surface area contributed by atoms with Crippen molar-refractivity contribution in [3.8, 4) is 0 Å². The van der Waals surface area contributed by atoms with Crippen molar-refractivity contribution in [3.63, 3.8) is 0 Å². The molecule has 0 bridgehead atoms. The Kier molecular flexibility index (Phi) is 7.00. The Bertz CT molecular complexity index is 179. The highest BCUT2D eigenvalue weighted by Gasteiger charge is 2.26. The molecule has 2 aliphatic rings. The highest BCUT2D eigenvalue weighted by molar-refractivity contribution is 7.17. The summed E-state index contributed by atoms with van der Waals surface area (Å²) in [4.78, 5) is 0. The third-order valence-corrected chi connectivity index (χ3v) is 5.51. The van der Waals surface area contributed by atoms with Crippen LogP contribution < -0.4 is 0 Å². The quantitative estimate of drug-likeness (QED) is 0.524. The fraction of sp³-hybridized carbons (Fsp3) is 1.00. The van der Waals surface area contributed by atoms with Gasteiger partial charge < -0.3 is 0 Å². The van der Waals surface area contributed by atoms with Gasteiger partial charge >= 0.3 is 0 Å². The topological polar surface area (TPSA) is 0 Å². The van der Waals surface area contributed by atoms with Crippen molar-refractivity contribution in [2.24, 2.45) is 17.8 Å². The van der Waals surface area contributed by atoms with Gasteiger partial charge in [-0.05, 0) is 42.7 Å². The van der Waals surface area contributed by atoms with Gasteiger partial charge in [-0.15, -0.1) is 9.24 Å². The van der Waals surface area contributed by atoms with Crippen LogP contribution >= 0.6 is 9.24 Å². The molecule has 0 heterocycles. The van der Waals surface area contributed by atoms with E-state index in [4.69, 9.17) is 0 Å². The number of alkyl halides is 1. The normalized spacial score (nSPS) is 42.5. The Labute approximate surface area is 109 Å². The van der Waals surface area contributed by atoms with Crippen LogP contribution in [0.3, 0.4) is 0 Å². The maximum atomic E-state index is 12.8. The van der Waals surface area contributed by atoms with Gasteiger partial charge in [-0.1, -0.05) is 46.5 Å². The average molecular weight is 260 g/mol. The number of hydrogen-bond acceptors (Lipinski definition) is 0. The van der Waals surface area contributed by atoms with Crippen LogP contribution in [-0.4, -0.2) is 11.8 Å². The Morgan fingerprint density at radius 2 is 1.29 bits per heavy atom. The second-order valence-corrected chi connectivity index (χ2v) is 7.19. The van der Waals surface area contributed by atoms with Gasteiger partial charge in [-0.3, -0.25) is 0 Å². The van der Waals surface area contributed by atoms with E-state index in [0.29, 0.717) is 5.66 Å². The van der Waals surface area contributed by atoms with Crippen molar-refractivity contribution in [1.82, 2.24) is 0 Å². The molecule has 0 aliphatic heterocycles. The zero-order valence-corrected chi connectivity index (χ0v) is 12.9. The maximum Gasteiger partial charge on any atom is 0.103 e. The van der Waals surface area contributed by atoms with E-state index >= 15 is 0 Å². The predicted molar refractivity (Wildman–Crippen MR) is 78.2 cm³/mol. The first-order valence-corrected chi connectivity index (χ1v) is 8.07. The number of halogens is 1. The molecule has 0 aromatic rings. The molecule has 0 spiro atoms. The lowest BCUT2D eigenvalue weighted by molar-refractivity contribution is 0.185. The lowest BCUT2D eigenvalue weighted by Crippen LogP contribution is -2.26. The van der Waals surface area contributed by atoms with Gasteiger partial charge in [0.15, 0.2) is 0 Å². The lowest BCUT2D eigenvalue weighted by atomic mass is 9.84. The maximum absolute atomic E-state index is 12.8. The third-order valence-electron chi connectivity index (χ3n) is 4.57. The van der Waals surface area contributed by atoms with Crippen LogP contribution in [0.15, 0.2) is 0 Å². The summed E-state index contributed by atoms with van der Waals surface area (Å²) in [6, 6.07) is 0. The van der Waals surface area contributed by atoms with Crippen LogP contribution in [0.2, 0.25) is 0 Å². The molecule has 2 saturated carbocycles. The molecular weight excluding hydrogens is 230 g/mol.